The van der Waals surface area contributed by atoms with E-state index in [1.807, 2.05) is 53.4 Å². The Morgan fingerprint density at radius 1 is 0.750 bits per heavy atom. The van der Waals surface area contributed by atoms with E-state index in [0.717, 1.165) is 58.3 Å². The third-order valence-electron chi connectivity index (χ3n) is 7.01. The molecule has 0 radical (unpaired) electrons. The number of hydrogen-bond acceptors (Lipinski definition) is 6. The van der Waals surface area contributed by atoms with Crippen LogP contribution in [0.3, 0.4) is 0 Å². The quantitative estimate of drug-likeness (QED) is 0.328. The van der Waals surface area contributed by atoms with Gasteiger partial charge < -0.3 is 14.6 Å². The van der Waals surface area contributed by atoms with Crippen molar-refractivity contribution in [3.8, 4) is 0 Å². The summed E-state index contributed by atoms with van der Waals surface area (Å²) in [7, 11) is 1.48. The zero-order valence-corrected chi connectivity index (χ0v) is 25.1. The van der Waals surface area contributed by atoms with Crippen LogP contribution in [0.1, 0.15) is 49.7 Å². The first-order valence-corrected chi connectivity index (χ1v) is 12.9. The molecule has 0 unspecified atom stereocenters. The van der Waals surface area contributed by atoms with Gasteiger partial charge in [0.2, 0.25) is 0 Å². The maximum absolute atomic E-state index is 11.9. The summed E-state index contributed by atoms with van der Waals surface area (Å²) in [6.07, 6.45) is 7.82. The van der Waals surface area contributed by atoms with Gasteiger partial charge in [-0.2, -0.15) is 0 Å². The molecule has 4 rings (SSSR count). The smallest absolute Gasteiger partial charge is 0.548 e. The Kier molecular flexibility index (Phi) is 15.1. The van der Waals surface area contributed by atoms with E-state index in [1.165, 1.54) is 31.1 Å². The number of esters is 1. The van der Waals surface area contributed by atoms with Crippen LogP contribution in [0.25, 0.3) is 0 Å². The first kappa shape index (κ1) is 31.2. The van der Waals surface area contributed by atoms with Crippen molar-refractivity contribution in [2.45, 2.75) is 63.5 Å². The number of rotatable bonds is 10. The van der Waals surface area contributed by atoms with Gasteiger partial charge in [-0.05, 0) is 88.7 Å². The van der Waals surface area contributed by atoms with Crippen molar-refractivity contribution in [2.24, 2.45) is 0 Å². The first-order valence-electron chi connectivity index (χ1n) is 12.9. The summed E-state index contributed by atoms with van der Waals surface area (Å²) >= 11 is 0. The van der Waals surface area contributed by atoms with E-state index in [0.29, 0.717) is 6.42 Å². The molecule has 2 aromatic carbocycles. The predicted molar refractivity (Wildman–Crippen MR) is 136 cm³/mol. The summed E-state index contributed by atoms with van der Waals surface area (Å²) in [5.41, 5.74) is 2.48. The molecule has 2 aliphatic rings. The minimum Gasteiger partial charge on any atom is -0.548 e. The van der Waals surface area contributed by atoms with E-state index in [1.54, 1.807) is 0 Å². The molecule has 2 aromatic rings. The molecule has 0 aromatic heterocycles. The zero-order chi connectivity index (χ0) is 24.9. The molecule has 190 valence electrons. The second kappa shape index (κ2) is 17.4. The second-order valence-electron chi connectivity index (χ2n) is 9.41. The number of methoxy groups -OCH3 is 1. The molecule has 6 nitrogen and oxygen atoms in total. The van der Waals surface area contributed by atoms with Gasteiger partial charge in [0.05, 0.1) is 13.1 Å². The number of carbonyl (C=O) groups is 2. The van der Waals surface area contributed by atoms with Gasteiger partial charge in [-0.1, -0.05) is 60.7 Å². The van der Waals surface area contributed by atoms with Gasteiger partial charge in [-0.25, -0.2) is 0 Å². The monoisotopic (exact) mass is 518 g/mol. The SMILES string of the molecule is COC(=O)[C@@H](CCc1ccccc1)N1CCCC1.O=C([O-])[C@@H](CCc1ccccc1)N1CCCC1.[K+]. The van der Waals surface area contributed by atoms with Crippen molar-refractivity contribution in [2.75, 3.05) is 33.3 Å². The molecule has 0 saturated carbocycles. The molecule has 0 bridgehead atoms. The summed E-state index contributed by atoms with van der Waals surface area (Å²) in [5.74, 6) is -1.02. The third-order valence-corrected chi connectivity index (χ3v) is 7.01. The van der Waals surface area contributed by atoms with E-state index in [2.05, 4.69) is 17.0 Å². The first-order chi connectivity index (χ1) is 17.1. The Bertz CT molecular complexity index is 885. The van der Waals surface area contributed by atoms with Crippen molar-refractivity contribution in [1.29, 1.82) is 0 Å². The van der Waals surface area contributed by atoms with Gasteiger partial charge in [-0.15, -0.1) is 0 Å². The van der Waals surface area contributed by atoms with Gasteiger partial charge in [0, 0.05) is 6.04 Å². The van der Waals surface area contributed by atoms with Crippen LogP contribution in [-0.2, 0) is 27.2 Å². The van der Waals surface area contributed by atoms with Crippen LogP contribution >= 0.6 is 0 Å². The Balaban J connectivity index is 0.000000247. The molecule has 36 heavy (non-hydrogen) atoms. The van der Waals surface area contributed by atoms with Crippen LogP contribution in [0.15, 0.2) is 60.7 Å². The van der Waals surface area contributed by atoms with Crippen molar-refractivity contribution in [3.05, 3.63) is 71.8 Å². The number of nitrogens with zero attached hydrogens (tertiary/aromatic N) is 2. The molecular formula is C29H39KN2O4. The van der Waals surface area contributed by atoms with Gasteiger partial charge in [-0.3, -0.25) is 14.6 Å². The minimum atomic E-state index is -0.928. The number of aryl methyl sites for hydroxylation is 2. The molecule has 0 amide bonds. The van der Waals surface area contributed by atoms with Gasteiger partial charge in [0.15, 0.2) is 0 Å². The maximum atomic E-state index is 11.9. The van der Waals surface area contributed by atoms with Crippen molar-refractivity contribution in [1.82, 2.24) is 9.80 Å². The van der Waals surface area contributed by atoms with E-state index in [4.69, 9.17) is 4.74 Å². The average Bonchev–Trinajstić information content (AvgIpc) is 3.61. The second-order valence-corrected chi connectivity index (χ2v) is 9.41. The molecule has 2 saturated heterocycles. The minimum absolute atomic E-state index is 0. The number of benzene rings is 2. The normalized spacial score (nSPS) is 17.4. The molecule has 2 aliphatic heterocycles. The maximum Gasteiger partial charge on any atom is 1.00 e. The Morgan fingerprint density at radius 2 is 1.14 bits per heavy atom. The Hall–Kier alpha value is -1.06. The fourth-order valence-electron chi connectivity index (χ4n) is 5.04. The molecule has 2 atom stereocenters. The number of ether oxygens (including phenoxy) is 1. The summed E-state index contributed by atoms with van der Waals surface area (Å²) in [5, 5.41) is 11.2. The molecule has 7 heteroatoms. The van der Waals surface area contributed by atoms with Crippen molar-refractivity contribution >= 4 is 11.9 Å². The van der Waals surface area contributed by atoms with Crippen molar-refractivity contribution in [3.63, 3.8) is 0 Å². The zero-order valence-electron chi connectivity index (χ0n) is 21.9. The molecule has 0 spiro atoms. The largest absolute Gasteiger partial charge is 1.00 e. The number of hydrogen-bond donors (Lipinski definition) is 0. The van der Waals surface area contributed by atoms with Crippen LogP contribution in [-0.4, -0.2) is 67.1 Å². The van der Waals surface area contributed by atoms with Crippen LogP contribution in [0.2, 0.25) is 0 Å². The average molecular weight is 519 g/mol. The molecule has 0 aliphatic carbocycles. The van der Waals surface area contributed by atoms with E-state index in [9.17, 15) is 14.7 Å². The summed E-state index contributed by atoms with van der Waals surface area (Å²) in [6, 6.07) is 19.8. The Morgan fingerprint density at radius 3 is 1.53 bits per heavy atom. The van der Waals surface area contributed by atoms with Crippen molar-refractivity contribution < 1.29 is 70.8 Å². The van der Waals surface area contributed by atoms with Gasteiger partial charge >= 0.3 is 57.4 Å². The number of carbonyl (C=O) groups excluding carboxylic acids is 2. The number of aliphatic carboxylic acids is 1. The van der Waals surface area contributed by atoms with Crippen LogP contribution in [0, 0.1) is 0 Å². The predicted octanol–water partition coefficient (Wildman–Crippen LogP) is 0.0941. The summed E-state index contributed by atoms with van der Waals surface area (Å²) in [6.45, 7) is 3.84. The van der Waals surface area contributed by atoms with Gasteiger partial charge in [0.1, 0.15) is 6.04 Å². The Labute approximate surface area is 258 Å². The fraction of sp³-hybridized carbons (Fsp3) is 0.517. The number of carboxylic acids is 1. The molecule has 2 heterocycles. The third kappa shape index (κ3) is 10.4. The van der Waals surface area contributed by atoms with Gasteiger partial charge in [0.25, 0.3) is 0 Å². The van der Waals surface area contributed by atoms with Crippen LogP contribution < -0.4 is 56.5 Å². The number of likely N-dealkylation sites (tertiary alicyclic amines) is 2. The molecular weight excluding hydrogens is 479 g/mol. The van der Waals surface area contributed by atoms with E-state index < -0.39 is 12.0 Å². The number of carboxylic acid groups (broad SMARTS) is 1. The molecule has 2 fully saturated rings. The van der Waals surface area contributed by atoms with Crippen LogP contribution in [0.5, 0.6) is 0 Å². The van der Waals surface area contributed by atoms with E-state index in [-0.39, 0.29) is 63.4 Å². The van der Waals surface area contributed by atoms with Crippen LogP contribution in [0.4, 0.5) is 0 Å². The standard InChI is InChI=1S/C15H21NO2.C14H19NO2.K/c1-18-15(17)14(16-11-5-6-12-16)10-9-13-7-3-2-4-8-13;16-14(17)13(15-10-4-5-11-15)9-8-12-6-2-1-3-7-12;/h2-4,7-8,14H,5-6,9-12H2,1H3;1-3,6-7,13H,4-5,8-11H2,(H,16,17);/q;;+1/p-1/t14-;13-;/m11./s1. The summed E-state index contributed by atoms with van der Waals surface area (Å²) < 4.78 is 4.93. The topological polar surface area (TPSA) is 72.9 Å². The summed E-state index contributed by atoms with van der Waals surface area (Å²) in [4.78, 5) is 27.3. The van der Waals surface area contributed by atoms with E-state index >= 15 is 0 Å². The fourth-order valence-corrected chi connectivity index (χ4v) is 5.04. The molecule has 0 N–H and O–H groups in total.